The molecule has 31 heavy (non-hydrogen) atoms. The van der Waals surface area contributed by atoms with Gasteiger partial charge in [0, 0.05) is 40.5 Å². The third-order valence-electron chi connectivity index (χ3n) is 4.51. The predicted molar refractivity (Wildman–Crippen MR) is 121 cm³/mol. The number of pyridine rings is 1. The minimum Gasteiger partial charge on any atom is -0.493 e. The first-order valence-corrected chi connectivity index (χ1v) is 10.2. The van der Waals surface area contributed by atoms with Gasteiger partial charge in [0.1, 0.15) is 5.69 Å². The van der Waals surface area contributed by atoms with Crippen molar-refractivity contribution in [3.63, 3.8) is 0 Å². The normalized spacial score (nSPS) is 10.5. The van der Waals surface area contributed by atoms with E-state index >= 15 is 0 Å². The van der Waals surface area contributed by atoms with E-state index < -0.39 is 0 Å². The molecule has 0 aliphatic carbocycles. The van der Waals surface area contributed by atoms with Crippen LogP contribution in [0.3, 0.4) is 0 Å². The lowest BCUT2D eigenvalue weighted by Crippen LogP contribution is -2.12. The highest BCUT2D eigenvalue weighted by molar-refractivity contribution is 7.14. The van der Waals surface area contributed by atoms with E-state index in [4.69, 9.17) is 14.2 Å². The van der Waals surface area contributed by atoms with Crippen LogP contribution < -0.4 is 24.8 Å². The number of methoxy groups -OCH3 is 3. The molecule has 2 aromatic heterocycles. The van der Waals surface area contributed by atoms with Crippen LogP contribution in [-0.4, -0.2) is 37.2 Å². The number of benzene rings is 2. The van der Waals surface area contributed by atoms with Gasteiger partial charge in [0.25, 0.3) is 5.91 Å². The number of aromatic nitrogens is 2. The predicted octanol–water partition coefficient (Wildman–Crippen LogP) is 4.71. The first kappa shape index (κ1) is 20.4. The molecular formula is C22H20N4O4S. The maximum atomic E-state index is 12.7. The van der Waals surface area contributed by atoms with E-state index in [0.29, 0.717) is 33.8 Å². The van der Waals surface area contributed by atoms with Gasteiger partial charge in [-0.2, -0.15) is 0 Å². The van der Waals surface area contributed by atoms with E-state index in [1.165, 1.54) is 32.7 Å². The number of nitrogens with zero attached hydrogens (tertiary/aromatic N) is 2. The fourth-order valence-electron chi connectivity index (χ4n) is 3.06. The minimum absolute atomic E-state index is 0.295. The third-order valence-corrected chi connectivity index (χ3v) is 5.27. The summed E-state index contributed by atoms with van der Waals surface area (Å²) >= 11 is 1.34. The summed E-state index contributed by atoms with van der Waals surface area (Å²) in [4.78, 5) is 21.4. The summed E-state index contributed by atoms with van der Waals surface area (Å²) in [6.07, 6.45) is 1.76. The summed E-state index contributed by atoms with van der Waals surface area (Å²) in [7, 11) is 4.56. The Balaban J connectivity index is 1.50. The molecule has 0 aliphatic rings. The highest BCUT2D eigenvalue weighted by Gasteiger charge is 2.16. The van der Waals surface area contributed by atoms with Gasteiger partial charge in [-0.25, -0.2) is 4.98 Å². The van der Waals surface area contributed by atoms with Crippen LogP contribution in [0.2, 0.25) is 0 Å². The van der Waals surface area contributed by atoms with Gasteiger partial charge >= 0.3 is 0 Å². The van der Waals surface area contributed by atoms with Crippen LogP contribution in [0.25, 0.3) is 10.9 Å². The molecule has 0 atom stereocenters. The quantitative estimate of drug-likeness (QED) is 0.433. The van der Waals surface area contributed by atoms with Gasteiger partial charge in [-0.05, 0) is 24.3 Å². The number of fused-ring (bicyclic) bond motifs is 1. The Bertz CT molecular complexity index is 1220. The molecule has 0 unspecified atom stereocenters. The smallest absolute Gasteiger partial charge is 0.275 e. The molecule has 2 N–H and O–H groups in total. The fraction of sp³-hybridized carbons (Fsp3) is 0.136. The van der Waals surface area contributed by atoms with Crippen LogP contribution in [0.5, 0.6) is 17.2 Å². The van der Waals surface area contributed by atoms with Crippen LogP contribution in [-0.2, 0) is 0 Å². The molecule has 0 saturated heterocycles. The third kappa shape index (κ3) is 4.36. The summed E-state index contributed by atoms with van der Waals surface area (Å²) < 4.78 is 16.0. The Labute approximate surface area is 182 Å². The molecule has 9 heteroatoms. The van der Waals surface area contributed by atoms with E-state index in [1.54, 1.807) is 23.7 Å². The average Bonchev–Trinajstić information content (AvgIpc) is 3.27. The zero-order valence-electron chi connectivity index (χ0n) is 17.1. The molecule has 158 valence electrons. The Hall–Kier alpha value is -3.85. The molecule has 4 rings (SSSR count). The van der Waals surface area contributed by atoms with Crippen molar-refractivity contribution in [1.29, 1.82) is 0 Å². The number of nitrogens with one attached hydrogen (secondary N) is 2. The summed E-state index contributed by atoms with van der Waals surface area (Å²) in [5.41, 5.74) is 2.58. The molecule has 0 radical (unpaired) electrons. The van der Waals surface area contributed by atoms with Gasteiger partial charge in [0.05, 0.1) is 26.8 Å². The Kier molecular flexibility index (Phi) is 5.85. The molecular weight excluding hydrogens is 416 g/mol. The molecule has 4 aromatic rings. The number of carbonyl (C=O) groups excluding carboxylic acids is 1. The van der Waals surface area contributed by atoms with Gasteiger partial charge in [-0.3, -0.25) is 9.78 Å². The maximum Gasteiger partial charge on any atom is 0.275 e. The summed E-state index contributed by atoms with van der Waals surface area (Å²) in [6, 6.07) is 13.0. The molecule has 0 spiro atoms. The monoisotopic (exact) mass is 436 g/mol. The SMILES string of the molecule is COc1cc(NC(=O)c2csc(Nc3ccc4ncccc4c3)n2)cc(OC)c1OC. The molecule has 0 bridgehead atoms. The van der Waals surface area contributed by atoms with Crippen LogP contribution >= 0.6 is 11.3 Å². The topological polar surface area (TPSA) is 94.6 Å². The van der Waals surface area contributed by atoms with E-state index in [9.17, 15) is 4.79 Å². The van der Waals surface area contributed by atoms with Crippen molar-refractivity contribution in [2.24, 2.45) is 0 Å². The highest BCUT2D eigenvalue weighted by atomic mass is 32.1. The average molecular weight is 436 g/mol. The molecule has 8 nitrogen and oxygen atoms in total. The second kappa shape index (κ2) is 8.88. The zero-order chi connectivity index (χ0) is 21.8. The van der Waals surface area contributed by atoms with Gasteiger partial charge in [0.15, 0.2) is 16.6 Å². The lowest BCUT2D eigenvalue weighted by atomic mass is 10.2. The van der Waals surface area contributed by atoms with Crippen LogP contribution in [0.15, 0.2) is 54.0 Å². The first-order chi connectivity index (χ1) is 15.1. The Morgan fingerprint density at radius 3 is 2.45 bits per heavy atom. The number of rotatable bonds is 7. The Morgan fingerprint density at radius 1 is 0.968 bits per heavy atom. The number of ether oxygens (including phenoxy) is 3. The molecule has 1 amide bonds. The van der Waals surface area contributed by atoms with Crippen LogP contribution in [0.1, 0.15) is 10.5 Å². The first-order valence-electron chi connectivity index (χ1n) is 9.30. The van der Waals surface area contributed by atoms with Crippen molar-refractivity contribution in [1.82, 2.24) is 9.97 Å². The van der Waals surface area contributed by atoms with E-state index in [0.717, 1.165) is 16.6 Å². The number of anilines is 3. The highest BCUT2D eigenvalue weighted by Crippen LogP contribution is 2.40. The van der Waals surface area contributed by atoms with Crippen molar-refractivity contribution < 1.29 is 19.0 Å². The standard InChI is InChI=1S/C22H20N4O4S/c1-28-18-10-15(11-19(29-2)20(18)30-3)24-21(27)17-12-31-22(26-17)25-14-6-7-16-13(9-14)5-4-8-23-16/h4-12H,1-3H3,(H,24,27)(H,25,26). The number of thiazole rings is 1. The van der Waals surface area contributed by atoms with E-state index in [2.05, 4.69) is 20.6 Å². The Morgan fingerprint density at radius 2 is 1.74 bits per heavy atom. The molecule has 0 aliphatic heterocycles. The van der Waals surface area contributed by atoms with E-state index in [1.807, 2.05) is 30.3 Å². The second-order valence-electron chi connectivity index (χ2n) is 6.44. The summed E-state index contributed by atoms with van der Waals surface area (Å²) in [6.45, 7) is 0. The number of hydrogen-bond acceptors (Lipinski definition) is 8. The van der Waals surface area contributed by atoms with Crippen molar-refractivity contribution in [2.75, 3.05) is 32.0 Å². The zero-order valence-corrected chi connectivity index (χ0v) is 17.9. The summed E-state index contributed by atoms with van der Waals surface area (Å²) in [5.74, 6) is 1.00. The van der Waals surface area contributed by atoms with Crippen molar-refractivity contribution in [3.8, 4) is 17.2 Å². The number of hydrogen-bond donors (Lipinski definition) is 2. The van der Waals surface area contributed by atoms with Gasteiger partial charge in [-0.1, -0.05) is 6.07 Å². The van der Waals surface area contributed by atoms with Gasteiger partial charge in [0.2, 0.25) is 5.75 Å². The molecule has 2 aromatic carbocycles. The van der Waals surface area contributed by atoms with Gasteiger partial charge < -0.3 is 24.8 Å². The second-order valence-corrected chi connectivity index (χ2v) is 7.30. The summed E-state index contributed by atoms with van der Waals surface area (Å²) in [5, 5.41) is 9.36. The maximum absolute atomic E-state index is 12.7. The largest absolute Gasteiger partial charge is 0.493 e. The molecule has 0 fully saturated rings. The number of carbonyl (C=O) groups is 1. The van der Waals surface area contributed by atoms with Crippen molar-refractivity contribution in [2.45, 2.75) is 0 Å². The molecule has 2 heterocycles. The molecule has 0 saturated carbocycles. The lowest BCUT2D eigenvalue weighted by Gasteiger charge is -2.14. The van der Waals surface area contributed by atoms with Crippen molar-refractivity contribution in [3.05, 3.63) is 59.7 Å². The van der Waals surface area contributed by atoms with Crippen molar-refractivity contribution >= 4 is 44.7 Å². The lowest BCUT2D eigenvalue weighted by molar-refractivity contribution is 0.102. The minimum atomic E-state index is -0.346. The van der Waals surface area contributed by atoms with E-state index in [-0.39, 0.29) is 5.91 Å². The van der Waals surface area contributed by atoms with Gasteiger partial charge in [-0.15, -0.1) is 11.3 Å². The van der Waals surface area contributed by atoms with Crippen LogP contribution in [0, 0.1) is 0 Å². The fourth-order valence-corrected chi connectivity index (χ4v) is 3.77. The number of amides is 1. The van der Waals surface area contributed by atoms with Crippen LogP contribution in [0.4, 0.5) is 16.5 Å².